The molecule has 0 radical (unpaired) electrons. The Hall–Kier alpha value is -1.40. The fraction of sp³-hybridized carbons (Fsp3) is 0.250. The summed E-state index contributed by atoms with van der Waals surface area (Å²) < 4.78 is 39.1. The average molecular weight is 272 g/mol. The molecule has 2 rings (SSSR count). The van der Waals surface area contributed by atoms with Gasteiger partial charge in [-0.25, -0.2) is 18.2 Å². The molecule has 0 bridgehead atoms. The van der Waals surface area contributed by atoms with Gasteiger partial charge in [0.2, 0.25) is 0 Å². The smallest absolute Gasteiger partial charge is 0.194 e. The van der Waals surface area contributed by atoms with Gasteiger partial charge in [-0.05, 0) is 26.1 Å². The summed E-state index contributed by atoms with van der Waals surface area (Å²) in [7, 11) is 1.80. The Labute approximate surface area is 106 Å². The van der Waals surface area contributed by atoms with Gasteiger partial charge in [0.25, 0.3) is 0 Å². The van der Waals surface area contributed by atoms with Crippen LogP contribution in [-0.2, 0) is 6.54 Å². The van der Waals surface area contributed by atoms with Gasteiger partial charge < -0.3 is 5.32 Å². The maximum atomic E-state index is 13.1. The average Bonchev–Trinajstić information content (AvgIpc) is 2.68. The molecule has 0 aliphatic rings. The van der Waals surface area contributed by atoms with Gasteiger partial charge >= 0.3 is 0 Å². The molecular weight excluding hydrogens is 261 g/mol. The first-order valence-electron chi connectivity index (χ1n) is 5.28. The maximum Gasteiger partial charge on any atom is 0.194 e. The zero-order valence-electron chi connectivity index (χ0n) is 9.85. The van der Waals surface area contributed by atoms with Gasteiger partial charge in [-0.15, -0.1) is 11.3 Å². The maximum absolute atomic E-state index is 13.1. The van der Waals surface area contributed by atoms with Crippen molar-refractivity contribution in [1.29, 1.82) is 0 Å². The summed E-state index contributed by atoms with van der Waals surface area (Å²) in [6.45, 7) is 2.46. The highest BCUT2D eigenvalue weighted by Gasteiger charge is 2.15. The number of rotatable bonds is 3. The van der Waals surface area contributed by atoms with Gasteiger partial charge in [0.15, 0.2) is 17.5 Å². The van der Waals surface area contributed by atoms with Crippen molar-refractivity contribution in [3.8, 4) is 10.6 Å². The zero-order chi connectivity index (χ0) is 13.3. The van der Waals surface area contributed by atoms with Crippen LogP contribution >= 0.6 is 11.3 Å². The molecule has 1 aromatic heterocycles. The van der Waals surface area contributed by atoms with E-state index in [0.29, 0.717) is 11.6 Å². The van der Waals surface area contributed by atoms with Gasteiger partial charge in [-0.3, -0.25) is 0 Å². The molecule has 2 aromatic rings. The van der Waals surface area contributed by atoms with Crippen LogP contribution < -0.4 is 5.32 Å². The summed E-state index contributed by atoms with van der Waals surface area (Å²) in [5, 5.41) is 3.47. The Bertz CT molecular complexity index is 558. The van der Waals surface area contributed by atoms with Crippen LogP contribution in [0.2, 0.25) is 0 Å². The predicted octanol–water partition coefficient (Wildman–Crippen LogP) is 3.26. The lowest BCUT2D eigenvalue weighted by Crippen LogP contribution is -2.04. The first-order valence-corrected chi connectivity index (χ1v) is 6.10. The van der Waals surface area contributed by atoms with E-state index in [-0.39, 0.29) is 5.56 Å². The van der Waals surface area contributed by atoms with Gasteiger partial charge in [0.05, 0.1) is 5.69 Å². The van der Waals surface area contributed by atoms with Crippen LogP contribution in [0.1, 0.15) is 10.6 Å². The van der Waals surface area contributed by atoms with Gasteiger partial charge in [0.1, 0.15) is 5.01 Å². The second kappa shape index (κ2) is 5.07. The molecule has 18 heavy (non-hydrogen) atoms. The highest BCUT2D eigenvalue weighted by Crippen LogP contribution is 2.29. The third-order valence-electron chi connectivity index (χ3n) is 2.46. The van der Waals surface area contributed by atoms with Crippen molar-refractivity contribution >= 4 is 11.3 Å². The zero-order valence-corrected chi connectivity index (χ0v) is 10.7. The second-order valence-corrected chi connectivity index (χ2v) is 4.90. The Morgan fingerprint density at radius 1 is 1.22 bits per heavy atom. The molecule has 6 heteroatoms. The summed E-state index contributed by atoms with van der Waals surface area (Å²) in [5.41, 5.74) is 1.05. The van der Waals surface area contributed by atoms with E-state index in [0.717, 1.165) is 22.7 Å². The Morgan fingerprint density at radius 3 is 2.39 bits per heavy atom. The quantitative estimate of drug-likeness (QED) is 0.868. The van der Waals surface area contributed by atoms with Crippen LogP contribution in [-0.4, -0.2) is 12.0 Å². The molecule has 1 N–H and O–H groups in total. The SMILES string of the molecule is CNCc1sc(-c2cc(F)c(F)c(F)c2)nc1C. The topological polar surface area (TPSA) is 24.9 Å². The molecule has 0 aliphatic carbocycles. The van der Waals surface area contributed by atoms with Crippen LogP contribution in [0, 0.1) is 24.4 Å². The van der Waals surface area contributed by atoms with E-state index in [1.54, 1.807) is 7.05 Å². The third kappa shape index (κ3) is 2.39. The normalized spacial score (nSPS) is 10.9. The molecule has 0 unspecified atom stereocenters. The lowest BCUT2D eigenvalue weighted by molar-refractivity contribution is 0.447. The number of nitrogens with zero attached hydrogens (tertiary/aromatic N) is 1. The lowest BCUT2D eigenvalue weighted by atomic mass is 10.2. The van der Waals surface area contributed by atoms with E-state index in [1.165, 1.54) is 11.3 Å². The molecule has 0 atom stereocenters. The Balaban J connectivity index is 2.46. The van der Waals surface area contributed by atoms with Crippen LogP contribution in [0.15, 0.2) is 12.1 Å². The van der Waals surface area contributed by atoms with Gasteiger partial charge in [-0.1, -0.05) is 0 Å². The second-order valence-electron chi connectivity index (χ2n) is 3.81. The minimum atomic E-state index is -1.46. The summed E-state index contributed by atoms with van der Waals surface area (Å²) >= 11 is 1.33. The van der Waals surface area contributed by atoms with Crippen molar-refractivity contribution in [2.75, 3.05) is 7.05 Å². The number of benzene rings is 1. The van der Waals surface area contributed by atoms with Gasteiger partial charge in [-0.2, -0.15) is 0 Å². The molecule has 1 heterocycles. The molecule has 0 amide bonds. The number of hydrogen-bond acceptors (Lipinski definition) is 3. The van der Waals surface area contributed by atoms with Crippen molar-refractivity contribution in [1.82, 2.24) is 10.3 Å². The number of halogens is 3. The minimum Gasteiger partial charge on any atom is -0.315 e. The Kier molecular flexibility index (Phi) is 3.68. The van der Waals surface area contributed by atoms with Crippen molar-refractivity contribution in [2.24, 2.45) is 0 Å². The lowest BCUT2D eigenvalue weighted by Gasteiger charge is -1.99. The molecule has 1 aromatic carbocycles. The fourth-order valence-corrected chi connectivity index (χ4v) is 2.62. The summed E-state index contributed by atoms with van der Waals surface area (Å²) in [6.07, 6.45) is 0. The van der Waals surface area contributed by atoms with E-state index < -0.39 is 17.5 Å². The summed E-state index contributed by atoms with van der Waals surface area (Å²) in [4.78, 5) is 5.22. The van der Waals surface area contributed by atoms with Crippen molar-refractivity contribution in [2.45, 2.75) is 13.5 Å². The van der Waals surface area contributed by atoms with Crippen LogP contribution in [0.5, 0.6) is 0 Å². The third-order valence-corrected chi connectivity index (χ3v) is 3.67. The van der Waals surface area contributed by atoms with Crippen molar-refractivity contribution < 1.29 is 13.2 Å². The molecule has 0 fully saturated rings. The van der Waals surface area contributed by atoms with Crippen LogP contribution in [0.3, 0.4) is 0 Å². The molecule has 2 nitrogen and oxygen atoms in total. The first-order chi connectivity index (χ1) is 8.52. The molecule has 0 saturated heterocycles. The monoisotopic (exact) mass is 272 g/mol. The van der Waals surface area contributed by atoms with Crippen molar-refractivity contribution in [3.63, 3.8) is 0 Å². The summed E-state index contributed by atoms with van der Waals surface area (Å²) in [6, 6.07) is 1.92. The number of nitrogens with one attached hydrogen (secondary N) is 1. The molecule has 0 aliphatic heterocycles. The largest absolute Gasteiger partial charge is 0.315 e. The van der Waals surface area contributed by atoms with E-state index in [1.807, 2.05) is 6.92 Å². The highest BCUT2D eigenvalue weighted by atomic mass is 32.1. The highest BCUT2D eigenvalue weighted by molar-refractivity contribution is 7.15. The van der Waals surface area contributed by atoms with Crippen LogP contribution in [0.4, 0.5) is 13.2 Å². The fourth-order valence-electron chi connectivity index (χ4n) is 1.56. The van der Waals surface area contributed by atoms with Gasteiger partial charge in [0, 0.05) is 17.0 Å². The predicted molar refractivity (Wildman–Crippen MR) is 64.9 cm³/mol. The number of thiazole rings is 1. The van der Waals surface area contributed by atoms with E-state index >= 15 is 0 Å². The number of hydrogen-bond donors (Lipinski definition) is 1. The standard InChI is InChI=1S/C12H11F3N2S/c1-6-10(5-16-2)18-12(17-6)7-3-8(13)11(15)9(14)4-7/h3-4,16H,5H2,1-2H3. The minimum absolute atomic E-state index is 0.252. The summed E-state index contributed by atoms with van der Waals surface area (Å²) in [5.74, 6) is -3.86. The Morgan fingerprint density at radius 2 is 1.83 bits per heavy atom. The molecule has 0 saturated carbocycles. The number of aromatic nitrogens is 1. The van der Waals surface area contributed by atoms with E-state index in [2.05, 4.69) is 10.3 Å². The molecule has 96 valence electrons. The van der Waals surface area contributed by atoms with Crippen molar-refractivity contribution in [3.05, 3.63) is 40.2 Å². The van der Waals surface area contributed by atoms with E-state index in [9.17, 15) is 13.2 Å². The first kappa shape index (κ1) is 13.0. The molecule has 0 spiro atoms. The number of aryl methyl sites for hydroxylation is 1. The molecular formula is C12H11F3N2S. The van der Waals surface area contributed by atoms with E-state index in [4.69, 9.17) is 0 Å². The van der Waals surface area contributed by atoms with Crippen LogP contribution in [0.25, 0.3) is 10.6 Å².